The number of carbonyl (C=O) groups is 1. The Bertz CT molecular complexity index is 1580. The SMILES string of the molecule is Cc1cc(C)n2nc(CC3=C(O)CC(CCc4ccc(C5(C#N)CCCC5)c(F)c4)(C4CCCC4)OC3=O)nc2n1. The van der Waals surface area contributed by atoms with Crippen molar-refractivity contribution in [2.45, 2.75) is 102 Å². The molecular formula is C32H36FN5O3. The number of rotatable bonds is 7. The molecule has 3 heterocycles. The van der Waals surface area contributed by atoms with Crippen LogP contribution >= 0.6 is 0 Å². The van der Waals surface area contributed by atoms with Crippen molar-refractivity contribution in [2.75, 3.05) is 0 Å². The smallest absolute Gasteiger partial charge is 0.338 e. The third-order valence-corrected chi connectivity index (χ3v) is 9.51. The molecule has 3 aliphatic rings. The van der Waals surface area contributed by atoms with Crippen LogP contribution in [0.1, 0.15) is 92.5 Å². The summed E-state index contributed by atoms with van der Waals surface area (Å²) in [5, 5.41) is 25.5. The van der Waals surface area contributed by atoms with E-state index in [0.29, 0.717) is 42.8 Å². The number of esters is 1. The Morgan fingerprint density at radius 1 is 1.15 bits per heavy atom. The van der Waals surface area contributed by atoms with Gasteiger partial charge in [-0.2, -0.15) is 10.2 Å². The van der Waals surface area contributed by atoms with Gasteiger partial charge in [-0.25, -0.2) is 18.7 Å². The van der Waals surface area contributed by atoms with E-state index in [1.165, 1.54) is 6.07 Å². The van der Waals surface area contributed by atoms with E-state index in [4.69, 9.17) is 4.74 Å². The predicted molar refractivity (Wildman–Crippen MR) is 149 cm³/mol. The van der Waals surface area contributed by atoms with Crippen LogP contribution in [0.25, 0.3) is 5.78 Å². The Labute approximate surface area is 239 Å². The first kappa shape index (κ1) is 27.4. The van der Waals surface area contributed by atoms with E-state index in [0.717, 1.165) is 55.5 Å². The number of ether oxygens (including phenoxy) is 1. The number of aliphatic hydroxyl groups is 1. The predicted octanol–water partition coefficient (Wildman–Crippen LogP) is 6.08. The lowest BCUT2D eigenvalue weighted by Gasteiger charge is -2.41. The van der Waals surface area contributed by atoms with Crippen LogP contribution in [0.15, 0.2) is 35.6 Å². The minimum atomic E-state index is -0.850. The van der Waals surface area contributed by atoms with Gasteiger partial charge in [0, 0.05) is 29.8 Å². The quantitative estimate of drug-likeness (QED) is 0.350. The molecule has 0 radical (unpaired) electrons. The number of hydrogen-bond donors (Lipinski definition) is 1. The molecule has 8 nitrogen and oxygen atoms in total. The number of carbonyl (C=O) groups excluding carboxylic acids is 1. The van der Waals surface area contributed by atoms with Gasteiger partial charge in [0.2, 0.25) is 0 Å². The molecule has 2 saturated carbocycles. The van der Waals surface area contributed by atoms with Crippen LogP contribution in [0.5, 0.6) is 0 Å². The standard InChI is InChI=1S/C32H36FN5O3/c1-20-15-21(2)38-30(35-20)36-28(37-38)17-24-27(39)18-32(41-29(24)40,23-7-3-4-8-23)14-11-22-9-10-25(26(33)16-22)31(19-34)12-5-6-13-31/h9-10,15-16,23,39H,3-8,11-14,17-18H2,1-2H3. The molecule has 6 rings (SSSR count). The summed E-state index contributed by atoms with van der Waals surface area (Å²) in [4.78, 5) is 22.3. The first-order chi connectivity index (χ1) is 19.7. The molecule has 0 bridgehead atoms. The van der Waals surface area contributed by atoms with Crippen LogP contribution in [0.3, 0.4) is 0 Å². The molecule has 41 heavy (non-hydrogen) atoms. The lowest BCUT2D eigenvalue weighted by Crippen LogP contribution is -2.46. The largest absolute Gasteiger partial charge is 0.512 e. The average Bonchev–Trinajstić information content (AvgIpc) is 3.71. The zero-order valence-electron chi connectivity index (χ0n) is 23.7. The van der Waals surface area contributed by atoms with Crippen LogP contribution < -0.4 is 0 Å². The summed E-state index contributed by atoms with van der Waals surface area (Å²) in [6.07, 6.45) is 8.47. The number of hydrogen-bond acceptors (Lipinski definition) is 7. The molecule has 1 unspecified atom stereocenters. The average molecular weight is 558 g/mol. The number of benzene rings is 1. The number of nitriles is 1. The summed E-state index contributed by atoms with van der Waals surface area (Å²) in [6, 6.07) is 9.49. The fourth-order valence-electron chi connectivity index (χ4n) is 7.31. The second kappa shape index (κ2) is 10.6. The van der Waals surface area contributed by atoms with E-state index in [9.17, 15) is 15.2 Å². The molecule has 0 saturated heterocycles. The summed E-state index contributed by atoms with van der Waals surface area (Å²) in [7, 11) is 0. The minimum Gasteiger partial charge on any atom is -0.512 e. The monoisotopic (exact) mass is 557 g/mol. The van der Waals surface area contributed by atoms with E-state index in [1.54, 1.807) is 10.6 Å². The Kier molecular flexibility index (Phi) is 7.04. The maximum atomic E-state index is 15.3. The highest BCUT2D eigenvalue weighted by Crippen LogP contribution is 2.46. The van der Waals surface area contributed by atoms with Crippen molar-refractivity contribution in [1.29, 1.82) is 5.26 Å². The van der Waals surface area contributed by atoms with E-state index < -0.39 is 17.0 Å². The van der Waals surface area contributed by atoms with Crippen LogP contribution in [0.2, 0.25) is 0 Å². The number of nitrogens with zero attached hydrogens (tertiary/aromatic N) is 5. The molecule has 2 aromatic heterocycles. The second-order valence-corrected chi connectivity index (χ2v) is 12.2. The summed E-state index contributed by atoms with van der Waals surface area (Å²) < 4.78 is 23.2. The maximum absolute atomic E-state index is 15.3. The van der Waals surface area contributed by atoms with Gasteiger partial charge in [0.15, 0.2) is 5.82 Å². The highest BCUT2D eigenvalue weighted by molar-refractivity contribution is 5.90. The molecule has 9 heteroatoms. The Morgan fingerprint density at radius 2 is 1.90 bits per heavy atom. The van der Waals surface area contributed by atoms with Crippen molar-refractivity contribution in [3.05, 3.63) is 69.8 Å². The van der Waals surface area contributed by atoms with Crippen molar-refractivity contribution in [3.8, 4) is 6.07 Å². The van der Waals surface area contributed by atoms with Crippen molar-refractivity contribution in [3.63, 3.8) is 0 Å². The Balaban J connectivity index is 1.24. The molecule has 1 aromatic carbocycles. The van der Waals surface area contributed by atoms with Crippen LogP contribution in [-0.2, 0) is 27.8 Å². The summed E-state index contributed by atoms with van der Waals surface area (Å²) in [6.45, 7) is 3.80. The third kappa shape index (κ3) is 4.98. The molecule has 214 valence electrons. The number of aromatic nitrogens is 4. The van der Waals surface area contributed by atoms with E-state index in [1.807, 2.05) is 26.0 Å². The molecule has 3 aromatic rings. The molecule has 1 atom stereocenters. The third-order valence-electron chi connectivity index (χ3n) is 9.51. The molecule has 1 N–H and O–H groups in total. The van der Waals surface area contributed by atoms with Crippen LogP contribution in [0.4, 0.5) is 4.39 Å². The Morgan fingerprint density at radius 3 is 2.59 bits per heavy atom. The van der Waals surface area contributed by atoms with Gasteiger partial charge in [0.05, 0.1) is 17.1 Å². The van der Waals surface area contributed by atoms with Gasteiger partial charge < -0.3 is 9.84 Å². The van der Waals surface area contributed by atoms with E-state index in [2.05, 4.69) is 21.1 Å². The molecular weight excluding hydrogens is 521 g/mol. The molecule has 2 fully saturated rings. The molecule has 0 amide bonds. The highest BCUT2D eigenvalue weighted by Gasteiger charge is 2.48. The number of halogens is 1. The fraction of sp³-hybridized carbons (Fsp3) is 0.531. The normalized spacial score (nSPS) is 22.8. The number of aliphatic hydroxyl groups excluding tert-OH is 1. The first-order valence-electron chi connectivity index (χ1n) is 14.8. The zero-order valence-corrected chi connectivity index (χ0v) is 23.7. The van der Waals surface area contributed by atoms with Crippen molar-refractivity contribution in [2.24, 2.45) is 5.92 Å². The van der Waals surface area contributed by atoms with Gasteiger partial charge in [0.25, 0.3) is 5.78 Å². The Hall–Kier alpha value is -3.80. The van der Waals surface area contributed by atoms with Crippen molar-refractivity contribution in [1.82, 2.24) is 19.6 Å². The van der Waals surface area contributed by atoms with E-state index >= 15 is 4.39 Å². The van der Waals surface area contributed by atoms with Gasteiger partial charge >= 0.3 is 5.97 Å². The first-order valence-corrected chi connectivity index (χ1v) is 14.8. The molecule has 0 spiro atoms. The number of cyclic esters (lactones) is 1. The van der Waals surface area contributed by atoms with Gasteiger partial charge in [-0.3, -0.25) is 0 Å². The van der Waals surface area contributed by atoms with Gasteiger partial charge in [0.1, 0.15) is 17.2 Å². The van der Waals surface area contributed by atoms with E-state index in [-0.39, 0.29) is 35.9 Å². The van der Waals surface area contributed by atoms with Crippen LogP contribution in [-0.4, -0.2) is 36.3 Å². The summed E-state index contributed by atoms with van der Waals surface area (Å²) in [5.74, 6) is 0.111. The minimum absolute atomic E-state index is 0.0200. The number of aryl methyl sites for hydroxylation is 3. The highest BCUT2D eigenvalue weighted by atomic mass is 19.1. The zero-order chi connectivity index (χ0) is 28.8. The fourth-order valence-corrected chi connectivity index (χ4v) is 7.31. The van der Waals surface area contributed by atoms with Crippen molar-refractivity contribution >= 4 is 11.7 Å². The molecule has 1 aliphatic heterocycles. The van der Waals surface area contributed by atoms with Crippen LogP contribution in [0, 0.1) is 36.9 Å². The maximum Gasteiger partial charge on any atom is 0.338 e. The second-order valence-electron chi connectivity index (χ2n) is 12.2. The lowest BCUT2D eigenvalue weighted by atomic mass is 9.76. The van der Waals surface area contributed by atoms with Gasteiger partial charge in [-0.05, 0) is 76.0 Å². The molecule has 2 aliphatic carbocycles. The van der Waals surface area contributed by atoms with Gasteiger partial charge in [-0.15, -0.1) is 5.10 Å². The van der Waals surface area contributed by atoms with Gasteiger partial charge in [-0.1, -0.05) is 37.8 Å². The lowest BCUT2D eigenvalue weighted by molar-refractivity contribution is -0.167. The van der Waals surface area contributed by atoms with Crippen molar-refractivity contribution < 1.29 is 19.0 Å². The summed E-state index contributed by atoms with van der Waals surface area (Å²) >= 11 is 0. The summed E-state index contributed by atoms with van der Waals surface area (Å²) in [5.41, 5.74) is 1.59. The topological polar surface area (TPSA) is 113 Å². The number of fused-ring (bicyclic) bond motifs is 1.